The number of methoxy groups -OCH3 is 1. The molecule has 1 aromatic heterocycles. The van der Waals surface area contributed by atoms with Gasteiger partial charge in [-0.25, -0.2) is 0 Å². The van der Waals surface area contributed by atoms with Gasteiger partial charge < -0.3 is 29.7 Å². The molecule has 298 valence electrons. The Morgan fingerprint density at radius 3 is 2.47 bits per heavy atom. The molecule has 2 fully saturated rings. The average molecular weight is 835 g/mol. The number of nitrogens with one attached hydrogen (secondary N) is 2. The van der Waals surface area contributed by atoms with Gasteiger partial charge >= 0.3 is 0 Å². The minimum atomic E-state index is -0.363. The Morgan fingerprint density at radius 1 is 0.879 bits per heavy atom. The number of aromatic nitrogens is 1. The van der Waals surface area contributed by atoms with Crippen LogP contribution < -0.4 is 15.0 Å². The van der Waals surface area contributed by atoms with Crippen molar-refractivity contribution >= 4 is 80.2 Å². The molecule has 2 atom stereocenters. The first-order valence-electron chi connectivity index (χ1n) is 20.3. The SMILES string of the molecule is COc1ccc(N2CCC(N3CCCCCC3=O)CC2)c(NC(=O)c2[nH]c3cc(Cl)cc4c3c2C2=C(c3ccccc3)C(C)CC=CN2C4c2ccc(Cl)cc2Cl)c1. The number of aromatic amines is 1. The van der Waals surface area contributed by atoms with Crippen LogP contribution in [0.25, 0.3) is 22.2 Å². The van der Waals surface area contributed by atoms with Gasteiger partial charge in [0.1, 0.15) is 11.4 Å². The molecule has 2 saturated heterocycles. The molecule has 0 aliphatic carbocycles. The predicted octanol–water partition coefficient (Wildman–Crippen LogP) is 11.6. The Kier molecular flexibility index (Phi) is 10.7. The number of piperidine rings is 1. The van der Waals surface area contributed by atoms with Crippen LogP contribution >= 0.6 is 34.8 Å². The Morgan fingerprint density at radius 2 is 1.69 bits per heavy atom. The molecule has 2 N–H and O–H groups in total. The number of allylic oxidation sites excluding steroid dienone is 2. The number of benzene rings is 4. The fourth-order valence-electron chi connectivity index (χ4n) is 9.61. The largest absolute Gasteiger partial charge is 0.497 e. The van der Waals surface area contributed by atoms with Gasteiger partial charge in [0.25, 0.3) is 5.91 Å². The lowest BCUT2D eigenvalue weighted by molar-refractivity contribution is -0.133. The second-order valence-corrected chi connectivity index (χ2v) is 17.2. The summed E-state index contributed by atoms with van der Waals surface area (Å²) >= 11 is 20.4. The Labute approximate surface area is 354 Å². The molecule has 0 bridgehead atoms. The number of likely N-dealkylation sites (tertiary alicyclic amines) is 1. The van der Waals surface area contributed by atoms with Crippen molar-refractivity contribution in [1.29, 1.82) is 0 Å². The maximum Gasteiger partial charge on any atom is 0.272 e. The summed E-state index contributed by atoms with van der Waals surface area (Å²) in [5, 5.41) is 5.89. The summed E-state index contributed by atoms with van der Waals surface area (Å²) < 4.78 is 5.69. The number of amides is 2. The predicted molar refractivity (Wildman–Crippen MR) is 236 cm³/mol. The number of halogens is 3. The van der Waals surface area contributed by atoms with Crippen LogP contribution in [-0.4, -0.2) is 59.4 Å². The third kappa shape index (κ3) is 7.03. The van der Waals surface area contributed by atoms with Crippen LogP contribution in [0, 0.1) is 5.92 Å². The van der Waals surface area contributed by atoms with E-state index in [0.717, 1.165) is 108 Å². The van der Waals surface area contributed by atoms with Gasteiger partial charge in [0, 0.05) is 75.9 Å². The van der Waals surface area contributed by atoms with E-state index in [0.29, 0.717) is 38.6 Å². The van der Waals surface area contributed by atoms with Crippen molar-refractivity contribution in [3.05, 3.63) is 134 Å². The maximum atomic E-state index is 15.1. The fraction of sp³-hybridized carbons (Fsp3) is 0.319. The molecule has 0 saturated carbocycles. The number of carbonyl (C=O) groups excluding carboxylic acids is 2. The van der Waals surface area contributed by atoms with Gasteiger partial charge in [-0.1, -0.05) is 90.6 Å². The summed E-state index contributed by atoms with van der Waals surface area (Å²) in [5.41, 5.74) is 8.52. The molecule has 4 aromatic carbocycles. The first-order chi connectivity index (χ1) is 28.2. The van der Waals surface area contributed by atoms with Crippen molar-refractivity contribution in [2.45, 2.75) is 64.0 Å². The Bertz CT molecular complexity index is 2470. The van der Waals surface area contributed by atoms with E-state index in [9.17, 15) is 4.79 Å². The molecular weight excluding hydrogens is 789 g/mol. The van der Waals surface area contributed by atoms with E-state index in [1.165, 1.54) is 0 Å². The molecule has 58 heavy (non-hydrogen) atoms. The highest BCUT2D eigenvalue weighted by molar-refractivity contribution is 6.35. The van der Waals surface area contributed by atoms with Crippen molar-refractivity contribution in [2.75, 3.05) is 37.0 Å². The first kappa shape index (κ1) is 38.6. The van der Waals surface area contributed by atoms with E-state index >= 15 is 4.79 Å². The second-order valence-electron chi connectivity index (χ2n) is 15.9. The number of anilines is 2. The van der Waals surface area contributed by atoms with Gasteiger partial charge in [-0.05, 0) is 96.7 Å². The van der Waals surface area contributed by atoms with Crippen LogP contribution in [0.4, 0.5) is 11.4 Å². The number of hydrogen-bond acceptors (Lipinski definition) is 5. The van der Waals surface area contributed by atoms with E-state index in [-0.39, 0.29) is 29.8 Å². The van der Waals surface area contributed by atoms with Crippen LogP contribution in [0.2, 0.25) is 15.1 Å². The third-order valence-corrected chi connectivity index (χ3v) is 13.1. The third-order valence-electron chi connectivity index (χ3n) is 12.3. The van der Waals surface area contributed by atoms with Crippen molar-refractivity contribution in [3.63, 3.8) is 0 Å². The van der Waals surface area contributed by atoms with Crippen LogP contribution in [-0.2, 0) is 4.79 Å². The highest BCUT2D eigenvalue weighted by atomic mass is 35.5. The zero-order valence-corrected chi connectivity index (χ0v) is 34.9. The first-order valence-corrected chi connectivity index (χ1v) is 21.4. The monoisotopic (exact) mass is 833 g/mol. The molecule has 2 unspecified atom stereocenters. The molecule has 0 radical (unpaired) electrons. The molecular formula is C47H46Cl3N5O3. The van der Waals surface area contributed by atoms with Crippen LogP contribution in [0.1, 0.15) is 90.7 Å². The van der Waals surface area contributed by atoms with E-state index < -0.39 is 0 Å². The molecule has 8 nitrogen and oxygen atoms in total. The van der Waals surface area contributed by atoms with Crippen molar-refractivity contribution in [1.82, 2.24) is 14.8 Å². The number of fused-ring (bicyclic) bond motifs is 2. The van der Waals surface area contributed by atoms with Crippen LogP contribution in [0.3, 0.4) is 0 Å². The normalized spacial score (nSPS) is 19.9. The van der Waals surface area contributed by atoms with Gasteiger partial charge in [0.05, 0.1) is 30.2 Å². The molecule has 0 spiro atoms. The topological polar surface area (TPSA) is 80.9 Å². The van der Waals surface area contributed by atoms with E-state index in [2.05, 4.69) is 68.5 Å². The van der Waals surface area contributed by atoms with Gasteiger partial charge in [-0.3, -0.25) is 9.59 Å². The zero-order valence-electron chi connectivity index (χ0n) is 32.7. The fourth-order valence-corrected chi connectivity index (χ4v) is 10.4. The molecule has 5 heterocycles. The number of rotatable bonds is 7. The van der Waals surface area contributed by atoms with Gasteiger partial charge in [-0.2, -0.15) is 0 Å². The van der Waals surface area contributed by atoms with E-state index in [1.807, 2.05) is 48.5 Å². The Balaban J connectivity index is 1.17. The minimum absolute atomic E-state index is 0.118. The van der Waals surface area contributed by atoms with Gasteiger partial charge in [0.2, 0.25) is 5.91 Å². The standard InChI is InChI=1S/C47H46Cl3N5O3/c1-28-10-9-21-55-45(34-16-14-30(48)25-36(34)50)35-24-31(49)26-38-42(35)43(46(55)41(28)29-11-5-3-6-12-29)44(51-38)47(57)52-37-27-33(58-2)15-17-39(37)53-22-18-32(19-23-53)54-20-8-4-7-13-40(54)56/h3,5-6,9,11-12,14-17,21,24-28,32,45,51H,4,7-8,10,13,18-20,22-23H2,1-2H3,(H,52,57). The van der Waals surface area contributed by atoms with Crippen LogP contribution in [0.5, 0.6) is 5.75 Å². The molecule has 2 amide bonds. The number of H-pyrrole nitrogens is 1. The number of carbonyl (C=O) groups is 2. The maximum absolute atomic E-state index is 15.1. The van der Waals surface area contributed by atoms with Crippen molar-refractivity contribution in [3.8, 4) is 5.75 Å². The molecule has 9 rings (SSSR count). The van der Waals surface area contributed by atoms with Gasteiger partial charge in [-0.15, -0.1) is 0 Å². The van der Waals surface area contributed by atoms with E-state index in [1.54, 1.807) is 13.2 Å². The average Bonchev–Trinajstić information content (AvgIpc) is 3.34. The number of ether oxygens (including phenoxy) is 1. The minimum Gasteiger partial charge on any atom is -0.497 e. The van der Waals surface area contributed by atoms with Gasteiger partial charge in [0.15, 0.2) is 0 Å². The second kappa shape index (κ2) is 16.0. The molecule has 4 aliphatic heterocycles. The summed E-state index contributed by atoms with van der Waals surface area (Å²) in [5.74, 6) is 0.760. The van der Waals surface area contributed by atoms with E-state index in [4.69, 9.17) is 39.5 Å². The quantitative estimate of drug-likeness (QED) is 0.171. The Hall–Kier alpha value is -4.89. The lowest BCUT2D eigenvalue weighted by Gasteiger charge is -2.40. The molecule has 11 heteroatoms. The lowest BCUT2D eigenvalue weighted by atomic mass is 9.82. The van der Waals surface area contributed by atoms with Crippen molar-refractivity contribution in [2.24, 2.45) is 5.92 Å². The lowest BCUT2D eigenvalue weighted by Crippen LogP contribution is -2.47. The van der Waals surface area contributed by atoms with Crippen LogP contribution in [0.15, 0.2) is 91.1 Å². The highest BCUT2D eigenvalue weighted by Gasteiger charge is 2.40. The summed E-state index contributed by atoms with van der Waals surface area (Å²) in [6, 6.07) is 25.6. The zero-order chi connectivity index (χ0) is 40.1. The summed E-state index contributed by atoms with van der Waals surface area (Å²) in [6.07, 6.45) is 10.7. The molecule has 5 aromatic rings. The summed E-state index contributed by atoms with van der Waals surface area (Å²) in [7, 11) is 1.63. The summed E-state index contributed by atoms with van der Waals surface area (Å²) in [4.78, 5) is 38.3. The van der Waals surface area contributed by atoms with Crippen molar-refractivity contribution < 1.29 is 14.3 Å². The highest BCUT2D eigenvalue weighted by Crippen LogP contribution is 2.54. The molecule has 4 aliphatic rings. The smallest absolute Gasteiger partial charge is 0.272 e. The number of hydrogen-bond donors (Lipinski definition) is 2. The summed E-state index contributed by atoms with van der Waals surface area (Å²) in [6.45, 7) is 4.62. The number of nitrogens with zero attached hydrogens (tertiary/aromatic N) is 3.